The average molecular weight is 275 g/mol. The smallest absolute Gasteiger partial charge is 0.267 e. The van der Waals surface area contributed by atoms with Gasteiger partial charge in [-0.2, -0.15) is 0 Å². The molecule has 1 heterocycles. The van der Waals surface area contributed by atoms with Crippen LogP contribution in [0.1, 0.15) is 24.3 Å². The standard InChI is InChI=1S/C10H17N3O4S/c1-7(2)17-4-3-12-10(14)9-5-8(6-13-9)18(11,15)16/h5-7,13H,3-4H2,1-2H3,(H,12,14)(H2,11,15,16). The minimum atomic E-state index is -3.79. The Kier molecular flexibility index (Phi) is 4.88. The first kappa shape index (κ1) is 14.7. The number of carbonyl (C=O) groups is 1. The van der Waals surface area contributed by atoms with E-state index in [-0.39, 0.29) is 16.7 Å². The van der Waals surface area contributed by atoms with Gasteiger partial charge in [0, 0.05) is 12.7 Å². The van der Waals surface area contributed by atoms with Crippen molar-refractivity contribution >= 4 is 15.9 Å². The second-order valence-electron chi connectivity index (χ2n) is 3.97. The number of nitrogens with one attached hydrogen (secondary N) is 2. The number of amides is 1. The van der Waals surface area contributed by atoms with E-state index >= 15 is 0 Å². The number of hydrogen-bond acceptors (Lipinski definition) is 4. The quantitative estimate of drug-likeness (QED) is 0.624. The minimum absolute atomic E-state index is 0.0985. The number of carbonyl (C=O) groups excluding carboxylic acids is 1. The summed E-state index contributed by atoms with van der Waals surface area (Å²) >= 11 is 0. The highest BCUT2D eigenvalue weighted by molar-refractivity contribution is 7.89. The zero-order chi connectivity index (χ0) is 13.8. The Morgan fingerprint density at radius 2 is 2.22 bits per heavy atom. The molecule has 0 radical (unpaired) electrons. The summed E-state index contributed by atoms with van der Waals surface area (Å²) in [6, 6.07) is 1.19. The van der Waals surface area contributed by atoms with Crippen LogP contribution in [0.3, 0.4) is 0 Å². The van der Waals surface area contributed by atoms with Crippen molar-refractivity contribution < 1.29 is 17.9 Å². The molecular formula is C10H17N3O4S. The van der Waals surface area contributed by atoms with Crippen molar-refractivity contribution in [2.24, 2.45) is 5.14 Å². The van der Waals surface area contributed by atoms with E-state index in [1.165, 1.54) is 12.3 Å². The fourth-order valence-electron chi connectivity index (χ4n) is 1.22. The molecule has 0 aliphatic rings. The molecule has 0 unspecified atom stereocenters. The first-order valence-corrected chi connectivity index (χ1v) is 6.96. The number of hydrogen-bond donors (Lipinski definition) is 3. The van der Waals surface area contributed by atoms with Crippen LogP contribution in [-0.4, -0.2) is 38.6 Å². The fraction of sp³-hybridized carbons (Fsp3) is 0.500. The maximum Gasteiger partial charge on any atom is 0.267 e. The first-order valence-electron chi connectivity index (χ1n) is 5.41. The lowest BCUT2D eigenvalue weighted by molar-refractivity contribution is 0.0745. The number of H-pyrrole nitrogens is 1. The number of primary sulfonamides is 1. The van der Waals surface area contributed by atoms with Crippen LogP contribution in [0.5, 0.6) is 0 Å². The predicted octanol–water partition coefficient (Wildman–Crippen LogP) is -0.183. The zero-order valence-electron chi connectivity index (χ0n) is 10.3. The molecule has 1 rings (SSSR count). The van der Waals surface area contributed by atoms with Crippen molar-refractivity contribution in [1.82, 2.24) is 10.3 Å². The van der Waals surface area contributed by atoms with E-state index in [0.717, 1.165) is 0 Å². The lowest BCUT2D eigenvalue weighted by atomic mass is 10.4. The molecule has 1 aromatic rings. The van der Waals surface area contributed by atoms with Gasteiger partial charge in [0.25, 0.3) is 5.91 Å². The van der Waals surface area contributed by atoms with E-state index in [1.54, 1.807) is 0 Å². The number of rotatable bonds is 6. The van der Waals surface area contributed by atoms with Gasteiger partial charge in [-0.3, -0.25) is 4.79 Å². The van der Waals surface area contributed by atoms with Gasteiger partial charge in [-0.15, -0.1) is 0 Å². The van der Waals surface area contributed by atoms with E-state index in [0.29, 0.717) is 13.2 Å². The van der Waals surface area contributed by atoms with Crippen LogP contribution in [0.15, 0.2) is 17.2 Å². The average Bonchev–Trinajstić information content (AvgIpc) is 2.72. The molecule has 0 spiro atoms. The van der Waals surface area contributed by atoms with Gasteiger partial charge in [0.2, 0.25) is 10.0 Å². The van der Waals surface area contributed by atoms with E-state index in [1.807, 2.05) is 13.8 Å². The van der Waals surface area contributed by atoms with Crippen LogP contribution in [0.2, 0.25) is 0 Å². The van der Waals surface area contributed by atoms with Gasteiger partial charge in [0.15, 0.2) is 0 Å². The van der Waals surface area contributed by atoms with Crippen molar-refractivity contribution in [1.29, 1.82) is 0 Å². The highest BCUT2D eigenvalue weighted by Gasteiger charge is 2.14. The van der Waals surface area contributed by atoms with Crippen molar-refractivity contribution in [3.63, 3.8) is 0 Å². The monoisotopic (exact) mass is 275 g/mol. The number of nitrogens with two attached hydrogens (primary N) is 1. The van der Waals surface area contributed by atoms with E-state index in [4.69, 9.17) is 9.88 Å². The molecule has 0 bridgehead atoms. The maximum absolute atomic E-state index is 11.6. The summed E-state index contributed by atoms with van der Waals surface area (Å²) in [6.45, 7) is 4.53. The van der Waals surface area contributed by atoms with Crippen LogP contribution < -0.4 is 10.5 Å². The summed E-state index contributed by atoms with van der Waals surface area (Å²) in [6.07, 6.45) is 1.27. The van der Waals surface area contributed by atoms with Gasteiger partial charge in [-0.1, -0.05) is 0 Å². The molecule has 4 N–H and O–H groups in total. The molecule has 1 amide bonds. The summed E-state index contributed by atoms with van der Waals surface area (Å²) in [5.74, 6) is -0.405. The number of aromatic amines is 1. The number of aromatic nitrogens is 1. The molecule has 102 valence electrons. The minimum Gasteiger partial charge on any atom is -0.377 e. The SMILES string of the molecule is CC(C)OCCNC(=O)c1cc(S(N)(=O)=O)c[nH]1. The molecule has 0 fully saturated rings. The van der Waals surface area contributed by atoms with Crippen molar-refractivity contribution in [2.75, 3.05) is 13.2 Å². The summed E-state index contributed by atoms with van der Waals surface area (Å²) in [4.78, 5) is 14.0. The number of ether oxygens (including phenoxy) is 1. The summed E-state index contributed by atoms with van der Waals surface area (Å²) in [7, 11) is -3.79. The molecule has 0 aromatic carbocycles. The van der Waals surface area contributed by atoms with Crippen LogP contribution >= 0.6 is 0 Å². The Hall–Kier alpha value is -1.38. The molecular weight excluding hydrogens is 258 g/mol. The predicted molar refractivity (Wildman–Crippen MR) is 65.6 cm³/mol. The van der Waals surface area contributed by atoms with E-state index in [2.05, 4.69) is 10.3 Å². The van der Waals surface area contributed by atoms with Crippen LogP contribution in [0.4, 0.5) is 0 Å². The van der Waals surface area contributed by atoms with Gasteiger partial charge in [-0.05, 0) is 19.9 Å². The Morgan fingerprint density at radius 1 is 1.56 bits per heavy atom. The Labute approximate surface area is 106 Å². The molecule has 0 saturated heterocycles. The normalized spacial score (nSPS) is 11.8. The maximum atomic E-state index is 11.6. The van der Waals surface area contributed by atoms with Gasteiger partial charge in [0.1, 0.15) is 5.69 Å². The highest BCUT2D eigenvalue weighted by Crippen LogP contribution is 2.08. The van der Waals surface area contributed by atoms with E-state index < -0.39 is 15.9 Å². The third-order valence-electron chi connectivity index (χ3n) is 2.07. The molecule has 1 aromatic heterocycles. The van der Waals surface area contributed by atoms with Crippen LogP contribution in [-0.2, 0) is 14.8 Å². The van der Waals surface area contributed by atoms with Gasteiger partial charge >= 0.3 is 0 Å². The van der Waals surface area contributed by atoms with Crippen molar-refractivity contribution in [2.45, 2.75) is 24.8 Å². The topological polar surface area (TPSA) is 114 Å². The third-order valence-corrected chi connectivity index (χ3v) is 2.96. The summed E-state index contributed by atoms with van der Waals surface area (Å²) < 4.78 is 27.3. The zero-order valence-corrected chi connectivity index (χ0v) is 11.1. The largest absolute Gasteiger partial charge is 0.377 e. The molecule has 0 atom stereocenters. The second-order valence-corrected chi connectivity index (χ2v) is 5.53. The molecule has 0 aliphatic carbocycles. The summed E-state index contributed by atoms with van der Waals surface area (Å²) in [5, 5.41) is 7.51. The lowest BCUT2D eigenvalue weighted by Gasteiger charge is -2.07. The third kappa shape index (κ3) is 4.47. The summed E-state index contributed by atoms with van der Waals surface area (Å²) in [5.41, 5.74) is 0.142. The Bertz CT molecular complexity index is 507. The Balaban J connectivity index is 2.50. The van der Waals surface area contributed by atoms with Crippen molar-refractivity contribution in [3.8, 4) is 0 Å². The molecule has 7 nitrogen and oxygen atoms in total. The molecule has 18 heavy (non-hydrogen) atoms. The van der Waals surface area contributed by atoms with Crippen molar-refractivity contribution in [3.05, 3.63) is 18.0 Å². The molecule has 0 aliphatic heterocycles. The van der Waals surface area contributed by atoms with Gasteiger partial charge < -0.3 is 15.0 Å². The highest BCUT2D eigenvalue weighted by atomic mass is 32.2. The van der Waals surface area contributed by atoms with Crippen LogP contribution in [0.25, 0.3) is 0 Å². The van der Waals surface area contributed by atoms with E-state index in [9.17, 15) is 13.2 Å². The number of sulfonamides is 1. The second kappa shape index (κ2) is 5.98. The fourth-order valence-corrected chi connectivity index (χ4v) is 1.73. The van der Waals surface area contributed by atoms with Gasteiger partial charge in [-0.25, -0.2) is 13.6 Å². The first-order chi connectivity index (χ1) is 8.30. The molecule has 0 saturated carbocycles. The Morgan fingerprint density at radius 3 is 2.72 bits per heavy atom. The lowest BCUT2D eigenvalue weighted by Crippen LogP contribution is -2.28. The van der Waals surface area contributed by atoms with Gasteiger partial charge in [0.05, 0.1) is 17.6 Å². The molecule has 8 heteroatoms. The van der Waals surface area contributed by atoms with Crippen LogP contribution in [0, 0.1) is 0 Å².